The summed E-state index contributed by atoms with van der Waals surface area (Å²) in [6.07, 6.45) is 1.39. The number of nitrogens with zero attached hydrogens (tertiary/aromatic N) is 1. The molecule has 2 aromatic heterocycles. The lowest BCUT2D eigenvalue weighted by Crippen LogP contribution is -2.15. The minimum Gasteiger partial charge on any atom is -0.469 e. The summed E-state index contributed by atoms with van der Waals surface area (Å²) in [4.78, 5) is 31.1. The highest BCUT2D eigenvalue weighted by molar-refractivity contribution is 6.38. The van der Waals surface area contributed by atoms with E-state index in [4.69, 9.17) is 27.6 Å². The molecule has 0 unspecified atom stereocenters. The lowest BCUT2D eigenvalue weighted by atomic mass is 10.1. The average molecular weight is 337 g/mol. The maximum atomic E-state index is 12.2. The molecule has 0 bridgehead atoms. The fourth-order valence-electron chi connectivity index (χ4n) is 2.22. The molecule has 0 fully saturated rings. The predicted molar refractivity (Wildman–Crippen MR) is 83.9 cm³/mol. The molecule has 3 aromatic rings. The zero-order chi connectivity index (χ0) is 15.9. The third-order valence-electron chi connectivity index (χ3n) is 3.26. The minimum absolute atomic E-state index is 0.0511. The molecule has 1 N–H and O–H groups in total. The number of aromatic nitrogens is 2. The largest absolute Gasteiger partial charge is 0.469 e. The minimum atomic E-state index is -0.388. The second-order valence-corrected chi connectivity index (χ2v) is 5.63. The molecule has 7 heteroatoms. The third-order valence-corrected chi connectivity index (χ3v) is 3.77. The van der Waals surface area contributed by atoms with E-state index in [-0.39, 0.29) is 34.0 Å². The van der Waals surface area contributed by atoms with Crippen LogP contribution in [0.5, 0.6) is 0 Å². The fourth-order valence-corrected chi connectivity index (χ4v) is 2.75. The highest BCUT2D eigenvalue weighted by atomic mass is 35.5. The van der Waals surface area contributed by atoms with Gasteiger partial charge in [-0.3, -0.25) is 9.59 Å². The molecule has 0 spiro atoms. The Bertz CT molecular complexity index is 944. The molecule has 0 saturated heterocycles. The first-order valence-corrected chi connectivity index (χ1v) is 7.16. The van der Waals surface area contributed by atoms with E-state index in [1.807, 2.05) is 0 Å². The molecule has 0 radical (unpaired) electrons. The Kier molecular flexibility index (Phi) is 3.76. The molecule has 0 aliphatic carbocycles. The monoisotopic (exact) mass is 336 g/mol. The zero-order valence-electron chi connectivity index (χ0n) is 11.4. The van der Waals surface area contributed by atoms with Crippen LogP contribution in [-0.4, -0.2) is 15.8 Å². The van der Waals surface area contributed by atoms with Crippen LogP contribution in [0.25, 0.3) is 10.9 Å². The van der Waals surface area contributed by atoms with Crippen molar-refractivity contribution < 1.29 is 9.21 Å². The summed E-state index contributed by atoms with van der Waals surface area (Å²) in [5.41, 5.74) is 0.396. The van der Waals surface area contributed by atoms with Crippen LogP contribution in [0.4, 0.5) is 0 Å². The maximum Gasteiger partial charge on any atom is 0.258 e. The number of hydrogen-bond acceptors (Lipinski definition) is 4. The number of carbonyl (C=O) groups excluding carboxylic acids is 1. The van der Waals surface area contributed by atoms with Gasteiger partial charge in [-0.1, -0.05) is 23.2 Å². The molecule has 0 saturated carbocycles. The second-order valence-electron chi connectivity index (χ2n) is 4.79. The van der Waals surface area contributed by atoms with E-state index in [2.05, 4.69) is 9.97 Å². The number of ketones is 1. The van der Waals surface area contributed by atoms with Crippen molar-refractivity contribution in [3.05, 3.63) is 62.0 Å². The molecular weight excluding hydrogens is 327 g/mol. The summed E-state index contributed by atoms with van der Waals surface area (Å²) in [7, 11) is 0. The Morgan fingerprint density at radius 1 is 1.36 bits per heavy atom. The average Bonchev–Trinajstić information content (AvgIpc) is 2.86. The molecule has 3 rings (SSSR count). The van der Waals surface area contributed by atoms with Gasteiger partial charge in [-0.05, 0) is 25.1 Å². The van der Waals surface area contributed by atoms with Crippen LogP contribution >= 0.6 is 23.2 Å². The van der Waals surface area contributed by atoms with Gasteiger partial charge in [0.1, 0.15) is 11.6 Å². The first kappa shape index (κ1) is 14.8. The Balaban J connectivity index is 2.04. The molecule has 2 heterocycles. The number of Topliss-reactive ketones (excluding diaryl/α,β-unsaturated/α-hetero) is 1. The van der Waals surface area contributed by atoms with E-state index in [1.165, 1.54) is 18.4 Å². The number of aromatic amines is 1. The molecule has 0 amide bonds. The van der Waals surface area contributed by atoms with Crippen LogP contribution in [0, 0.1) is 6.92 Å². The molecule has 112 valence electrons. The molecule has 0 atom stereocenters. The van der Waals surface area contributed by atoms with Crippen molar-refractivity contribution in [3.8, 4) is 0 Å². The molecule has 0 aliphatic rings. The number of furan rings is 1. The predicted octanol–water partition coefficient (Wildman–Crippen LogP) is 3.56. The maximum absolute atomic E-state index is 12.2. The molecule has 1 aromatic carbocycles. The van der Waals surface area contributed by atoms with Crippen LogP contribution in [0.15, 0.2) is 33.7 Å². The second kappa shape index (κ2) is 5.59. The van der Waals surface area contributed by atoms with Gasteiger partial charge >= 0.3 is 0 Å². The first-order chi connectivity index (χ1) is 10.5. The number of nitrogens with one attached hydrogen (secondary N) is 1. The van der Waals surface area contributed by atoms with Crippen molar-refractivity contribution in [2.75, 3.05) is 0 Å². The number of H-pyrrole nitrogens is 1. The van der Waals surface area contributed by atoms with Crippen molar-refractivity contribution in [1.82, 2.24) is 9.97 Å². The van der Waals surface area contributed by atoms with Gasteiger partial charge in [-0.15, -0.1) is 0 Å². The highest BCUT2D eigenvalue weighted by Crippen LogP contribution is 2.24. The summed E-state index contributed by atoms with van der Waals surface area (Å²) < 4.78 is 5.10. The lowest BCUT2D eigenvalue weighted by molar-refractivity contribution is 0.0989. The summed E-state index contributed by atoms with van der Waals surface area (Å²) >= 11 is 11.9. The Morgan fingerprint density at radius 2 is 2.14 bits per heavy atom. The Labute approximate surface area is 134 Å². The van der Waals surface area contributed by atoms with Crippen LogP contribution in [-0.2, 0) is 6.42 Å². The van der Waals surface area contributed by atoms with Gasteiger partial charge in [0, 0.05) is 5.02 Å². The Morgan fingerprint density at radius 3 is 2.82 bits per heavy atom. The normalized spacial score (nSPS) is 11.0. The highest BCUT2D eigenvalue weighted by Gasteiger charge is 2.15. The van der Waals surface area contributed by atoms with Gasteiger partial charge in [0.2, 0.25) is 0 Å². The van der Waals surface area contributed by atoms with Crippen LogP contribution in [0.2, 0.25) is 10.0 Å². The van der Waals surface area contributed by atoms with Gasteiger partial charge in [-0.25, -0.2) is 4.98 Å². The van der Waals surface area contributed by atoms with Crippen molar-refractivity contribution in [2.24, 2.45) is 0 Å². The van der Waals surface area contributed by atoms with Gasteiger partial charge in [0.05, 0.1) is 34.2 Å². The van der Waals surface area contributed by atoms with Crippen LogP contribution < -0.4 is 5.56 Å². The number of hydrogen-bond donors (Lipinski definition) is 1. The van der Waals surface area contributed by atoms with E-state index in [1.54, 1.807) is 13.0 Å². The van der Waals surface area contributed by atoms with Crippen molar-refractivity contribution >= 4 is 39.9 Å². The van der Waals surface area contributed by atoms with Crippen molar-refractivity contribution in [1.29, 1.82) is 0 Å². The summed E-state index contributed by atoms with van der Waals surface area (Å²) in [6, 6.07) is 4.58. The quantitative estimate of drug-likeness (QED) is 0.742. The van der Waals surface area contributed by atoms with Crippen molar-refractivity contribution in [2.45, 2.75) is 13.3 Å². The summed E-state index contributed by atoms with van der Waals surface area (Å²) in [6.45, 7) is 1.70. The number of rotatable bonds is 3. The zero-order valence-corrected chi connectivity index (χ0v) is 13.0. The standard InChI is InChI=1S/C15H10Cl2N2O3/c1-7-9(2-3-22-7)12(20)6-13-18-14-10(15(21)19-13)4-8(16)5-11(14)17/h2-5H,6H2,1H3,(H,18,19,21). The van der Waals surface area contributed by atoms with Gasteiger partial charge in [-0.2, -0.15) is 0 Å². The van der Waals surface area contributed by atoms with E-state index in [0.29, 0.717) is 21.9 Å². The number of halogens is 2. The third kappa shape index (κ3) is 2.65. The van der Waals surface area contributed by atoms with Gasteiger partial charge < -0.3 is 9.40 Å². The van der Waals surface area contributed by atoms with Crippen LogP contribution in [0.3, 0.4) is 0 Å². The summed E-state index contributed by atoms with van der Waals surface area (Å²) in [5, 5.41) is 0.901. The van der Waals surface area contributed by atoms with E-state index >= 15 is 0 Å². The lowest BCUT2D eigenvalue weighted by Gasteiger charge is -2.04. The smallest absolute Gasteiger partial charge is 0.258 e. The van der Waals surface area contributed by atoms with E-state index in [9.17, 15) is 9.59 Å². The molecule has 5 nitrogen and oxygen atoms in total. The Hall–Kier alpha value is -2.11. The SMILES string of the molecule is Cc1occc1C(=O)Cc1nc2c(Cl)cc(Cl)cc2c(=O)[nH]1. The number of fused-ring (bicyclic) bond motifs is 1. The van der Waals surface area contributed by atoms with Crippen molar-refractivity contribution in [3.63, 3.8) is 0 Å². The number of carbonyl (C=O) groups is 1. The van der Waals surface area contributed by atoms with E-state index < -0.39 is 0 Å². The summed E-state index contributed by atoms with van der Waals surface area (Å²) in [5.74, 6) is 0.573. The van der Waals surface area contributed by atoms with Crippen LogP contribution in [0.1, 0.15) is 21.9 Å². The number of benzene rings is 1. The topological polar surface area (TPSA) is 76.0 Å². The fraction of sp³-hybridized carbons (Fsp3) is 0.133. The molecule has 22 heavy (non-hydrogen) atoms. The molecule has 0 aliphatic heterocycles. The van der Waals surface area contributed by atoms with E-state index in [0.717, 1.165) is 0 Å². The van der Waals surface area contributed by atoms with Gasteiger partial charge in [0.15, 0.2) is 5.78 Å². The molecular formula is C15H10Cl2N2O3. The number of aryl methyl sites for hydroxylation is 1. The van der Waals surface area contributed by atoms with Gasteiger partial charge in [0.25, 0.3) is 5.56 Å². The first-order valence-electron chi connectivity index (χ1n) is 6.41.